The van der Waals surface area contributed by atoms with Crippen molar-refractivity contribution < 1.29 is 8.42 Å². The Kier molecular flexibility index (Phi) is 3.80. The molecule has 0 amide bonds. The lowest BCUT2D eigenvalue weighted by molar-refractivity contribution is 0.597. The zero-order valence-corrected chi connectivity index (χ0v) is 13.6. The first-order valence-corrected chi connectivity index (χ1v) is 8.43. The fourth-order valence-corrected chi connectivity index (χ4v) is 3.13. The van der Waals surface area contributed by atoms with Crippen LogP contribution in [0.5, 0.6) is 0 Å². The second-order valence-corrected chi connectivity index (χ2v) is 6.88. The van der Waals surface area contributed by atoms with Gasteiger partial charge in [-0.05, 0) is 17.7 Å². The molecule has 10 heteroatoms. The molecule has 2 heterocycles. The number of sulfonamides is 1. The monoisotopic (exact) mass is 352 g/mol. The molecule has 0 radical (unpaired) electrons. The topological polar surface area (TPSA) is 130 Å². The van der Waals surface area contributed by atoms with Gasteiger partial charge in [-0.1, -0.05) is 23.7 Å². The standard InChI is InChI=1S/C13H13ClN6O2S/c1-20-13-9(12(14)19-20)11(17-6-18-13)10(15)7-2-4-8(5-3-7)23(16,21)22/h2-6,10H,15H2,1H3,(H2,16,21,22). The van der Waals surface area contributed by atoms with Crippen LogP contribution in [0.4, 0.5) is 0 Å². The van der Waals surface area contributed by atoms with E-state index in [2.05, 4.69) is 15.1 Å². The highest BCUT2D eigenvalue weighted by atomic mass is 35.5. The molecule has 0 bridgehead atoms. The van der Waals surface area contributed by atoms with Gasteiger partial charge in [0.2, 0.25) is 10.0 Å². The van der Waals surface area contributed by atoms with Crippen LogP contribution in [0.3, 0.4) is 0 Å². The van der Waals surface area contributed by atoms with E-state index < -0.39 is 16.1 Å². The predicted molar refractivity (Wildman–Crippen MR) is 85.2 cm³/mol. The Balaban J connectivity index is 2.09. The third kappa shape index (κ3) is 2.79. The van der Waals surface area contributed by atoms with Gasteiger partial charge in [-0.2, -0.15) is 5.10 Å². The van der Waals surface area contributed by atoms with Crippen LogP contribution in [-0.2, 0) is 17.1 Å². The molecule has 0 aliphatic carbocycles. The summed E-state index contributed by atoms with van der Waals surface area (Å²) in [6.45, 7) is 0. The number of fused-ring (bicyclic) bond motifs is 1. The van der Waals surface area contributed by atoms with Crippen LogP contribution < -0.4 is 10.9 Å². The van der Waals surface area contributed by atoms with Gasteiger partial charge >= 0.3 is 0 Å². The van der Waals surface area contributed by atoms with E-state index in [1.807, 2.05) is 0 Å². The Labute approximate surface area is 137 Å². The SMILES string of the molecule is Cn1nc(Cl)c2c(C(N)c3ccc(S(N)(=O)=O)cc3)ncnc21. The van der Waals surface area contributed by atoms with E-state index in [0.29, 0.717) is 22.3 Å². The van der Waals surface area contributed by atoms with E-state index in [0.717, 1.165) is 0 Å². The van der Waals surface area contributed by atoms with Crippen LogP contribution in [0.1, 0.15) is 17.3 Å². The van der Waals surface area contributed by atoms with Crippen LogP contribution in [-0.4, -0.2) is 28.2 Å². The van der Waals surface area contributed by atoms with E-state index in [9.17, 15) is 8.42 Å². The first-order chi connectivity index (χ1) is 10.8. The summed E-state index contributed by atoms with van der Waals surface area (Å²) in [5.41, 5.74) is 7.99. The largest absolute Gasteiger partial charge is 0.319 e. The predicted octanol–water partition coefficient (Wildman–Crippen LogP) is 0.712. The van der Waals surface area contributed by atoms with Gasteiger partial charge in [0, 0.05) is 7.05 Å². The second kappa shape index (κ2) is 5.53. The van der Waals surface area contributed by atoms with Gasteiger partial charge in [0.15, 0.2) is 10.8 Å². The third-order valence-corrected chi connectivity index (χ3v) is 4.66. The molecule has 0 saturated heterocycles. The first-order valence-electron chi connectivity index (χ1n) is 6.50. The molecular formula is C13H13ClN6O2S. The molecule has 8 nitrogen and oxygen atoms in total. The van der Waals surface area contributed by atoms with Crippen molar-refractivity contribution in [3.63, 3.8) is 0 Å². The highest BCUT2D eigenvalue weighted by Crippen LogP contribution is 2.29. The molecular weight excluding hydrogens is 340 g/mol. The second-order valence-electron chi connectivity index (χ2n) is 4.96. The van der Waals surface area contributed by atoms with Crippen LogP contribution in [0.15, 0.2) is 35.5 Å². The average Bonchev–Trinajstić information content (AvgIpc) is 2.81. The van der Waals surface area contributed by atoms with E-state index in [1.54, 1.807) is 23.9 Å². The molecule has 0 saturated carbocycles. The lowest BCUT2D eigenvalue weighted by Gasteiger charge is -2.13. The van der Waals surface area contributed by atoms with Gasteiger partial charge in [-0.15, -0.1) is 0 Å². The van der Waals surface area contributed by atoms with Crippen molar-refractivity contribution in [1.82, 2.24) is 19.7 Å². The van der Waals surface area contributed by atoms with Crippen molar-refractivity contribution >= 4 is 32.7 Å². The van der Waals surface area contributed by atoms with Crippen molar-refractivity contribution in [3.8, 4) is 0 Å². The summed E-state index contributed by atoms with van der Waals surface area (Å²) in [5, 5.41) is 10.0. The summed E-state index contributed by atoms with van der Waals surface area (Å²) < 4.78 is 24.1. The first kappa shape index (κ1) is 15.8. The summed E-state index contributed by atoms with van der Waals surface area (Å²) >= 11 is 6.14. The maximum absolute atomic E-state index is 11.3. The number of nitrogens with two attached hydrogens (primary N) is 2. The molecule has 3 rings (SSSR count). The zero-order valence-electron chi connectivity index (χ0n) is 12.0. The molecule has 1 unspecified atom stereocenters. The Morgan fingerprint density at radius 3 is 2.48 bits per heavy atom. The minimum Gasteiger partial charge on any atom is -0.319 e. The number of hydrogen-bond acceptors (Lipinski definition) is 6. The molecule has 0 aliphatic heterocycles. The van der Waals surface area contributed by atoms with E-state index in [1.165, 1.54) is 18.5 Å². The van der Waals surface area contributed by atoms with Gasteiger partial charge in [0.1, 0.15) is 6.33 Å². The highest BCUT2D eigenvalue weighted by Gasteiger charge is 2.20. The van der Waals surface area contributed by atoms with Crippen molar-refractivity contribution in [2.75, 3.05) is 0 Å². The van der Waals surface area contributed by atoms with Gasteiger partial charge < -0.3 is 5.73 Å². The smallest absolute Gasteiger partial charge is 0.238 e. The molecule has 0 aliphatic rings. The summed E-state index contributed by atoms with van der Waals surface area (Å²) in [5.74, 6) is 0. The number of nitrogens with zero attached hydrogens (tertiary/aromatic N) is 4. The third-order valence-electron chi connectivity index (χ3n) is 3.47. The zero-order chi connectivity index (χ0) is 16.8. The number of halogens is 1. The molecule has 0 spiro atoms. The summed E-state index contributed by atoms with van der Waals surface area (Å²) in [7, 11) is -2.03. The maximum atomic E-state index is 11.3. The Bertz CT molecular complexity index is 984. The van der Waals surface area contributed by atoms with Crippen LogP contribution in [0.25, 0.3) is 11.0 Å². The Hall–Kier alpha value is -2.07. The number of primary sulfonamides is 1. The van der Waals surface area contributed by atoms with Gasteiger partial charge in [-0.25, -0.2) is 28.2 Å². The summed E-state index contributed by atoms with van der Waals surface area (Å²) in [6, 6.07) is 5.35. The van der Waals surface area contributed by atoms with E-state index in [-0.39, 0.29) is 10.0 Å². The molecule has 4 N–H and O–H groups in total. The fourth-order valence-electron chi connectivity index (χ4n) is 2.32. The number of aryl methyl sites for hydroxylation is 1. The highest BCUT2D eigenvalue weighted by molar-refractivity contribution is 7.89. The molecule has 0 fully saturated rings. The van der Waals surface area contributed by atoms with Gasteiger partial charge in [-0.3, -0.25) is 0 Å². The van der Waals surface area contributed by atoms with E-state index >= 15 is 0 Å². The fraction of sp³-hybridized carbons (Fsp3) is 0.154. The lowest BCUT2D eigenvalue weighted by atomic mass is 10.0. The average molecular weight is 353 g/mol. The number of benzene rings is 1. The molecule has 3 aromatic rings. The Morgan fingerprint density at radius 1 is 1.22 bits per heavy atom. The molecule has 120 valence electrons. The van der Waals surface area contributed by atoms with Gasteiger partial charge in [0.25, 0.3) is 0 Å². The van der Waals surface area contributed by atoms with Crippen molar-refractivity contribution in [1.29, 1.82) is 0 Å². The molecule has 1 atom stereocenters. The summed E-state index contributed by atoms with van der Waals surface area (Å²) in [4.78, 5) is 8.36. The quantitative estimate of drug-likeness (QED) is 0.714. The number of hydrogen-bond donors (Lipinski definition) is 2. The van der Waals surface area contributed by atoms with Crippen LogP contribution in [0, 0.1) is 0 Å². The Morgan fingerprint density at radius 2 is 1.87 bits per heavy atom. The van der Waals surface area contributed by atoms with Crippen molar-refractivity contribution in [3.05, 3.63) is 47.0 Å². The maximum Gasteiger partial charge on any atom is 0.238 e. The molecule has 2 aromatic heterocycles. The molecule has 23 heavy (non-hydrogen) atoms. The minimum absolute atomic E-state index is 0.0145. The lowest BCUT2D eigenvalue weighted by Crippen LogP contribution is -2.16. The normalized spacial score (nSPS) is 13.4. The van der Waals surface area contributed by atoms with E-state index in [4.69, 9.17) is 22.5 Å². The van der Waals surface area contributed by atoms with Gasteiger partial charge in [0.05, 0.1) is 22.0 Å². The van der Waals surface area contributed by atoms with Crippen LogP contribution >= 0.6 is 11.6 Å². The number of rotatable bonds is 3. The summed E-state index contributed by atoms with van der Waals surface area (Å²) in [6.07, 6.45) is 1.38. The van der Waals surface area contributed by atoms with Crippen LogP contribution in [0.2, 0.25) is 5.15 Å². The number of aromatic nitrogens is 4. The molecule has 1 aromatic carbocycles. The van der Waals surface area contributed by atoms with Crippen molar-refractivity contribution in [2.24, 2.45) is 17.9 Å². The van der Waals surface area contributed by atoms with Crippen molar-refractivity contribution in [2.45, 2.75) is 10.9 Å². The minimum atomic E-state index is -3.75.